The van der Waals surface area contributed by atoms with Gasteiger partial charge in [-0.3, -0.25) is 10.1 Å². The summed E-state index contributed by atoms with van der Waals surface area (Å²) < 4.78 is 10.7. The smallest absolute Gasteiger partial charge is 0.322 e. The Balaban J connectivity index is 1.44. The lowest BCUT2D eigenvalue weighted by atomic mass is 10.2. The van der Waals surface area contributed by atoms with Crippen LogP contribution >= 0.6 is 22.7 Å². The standard InChI is InChI=1S/C20H20N4O4S2/c1-27-15-5-3-4-14(17(15)28-2)22-20(26)24-8-6-13-16(10-24)30-19(21-13)23-18(25)12-7-9-29-11-12/h3-5,7,9,11H,6,8,10H2,1-2H3,(H,22,26)(H,21,23,25). The third-order valence-electron chi connectivity index (χ3n) is 4.67. The van der Waals surface area contributed by atoms with Crippen LogP contribution in [-0.4, -0.2) is 42.6 Å². The van der Waals surface area contributed by atoms with Crippen LogP contribution in [0.4, 0.5) is 15.6 Å². The Bertz CT molecular complexity index is 1060. The second kappa shape index (κ2) is 8.72. The van der Waals surface area contributed by atoms with Crippen molar-refractivity contribution in [2.24, 2.45) is 0 Å². The van der Waals surface area contributed by atoms with Crippen LogP contribution in [0.25, 0.3) is 0 Å². The van der Waals surface area contributed by atoms with Gasteiger partial charge in [0.2, 0.25) is 0 Å². The molecule has 3 amide bonds. The van der Waals surface area contributed by atoms with Gasteiger partial charge in [-0.2, -0.15) is 11.3 Å². The summed E-state index contributed by atoms with van der Waals surface area (Å²) >= 11 is 2.87. The fourth-order valence-electron chi connectivity index (χ4n) is 3.17. The lowest BCUT2D eigenvalue weighted by Gasteiger charge is -2.26. The number of hydrogen-bond donors (Lipinski definition) is 2. The Morgan fingerprint density at radius 2 is 2.03 bits per heavy atom. The predicted molar refractivity (Wildman–Crippen MR) is 117 cm³/mol. The zero-order valence-corrected chi connectivity index (χ0v) is 18.1. The number of aromatic nitrogens is 1. The minimum atomic E-state index is -0.232. The molecule has 0 saturated heterocycles. The maximum Gasteiger partial charge on any atom is 0.322 e. The first-order valence-electron chi connectivity index (χ1n) is 9.18. The van der Waals surface area contributed by atoms with Gasteiger partial charge in [0.15, 0.2) is 16.6 Å². The van der Waals surface area contributed by atoms with Gasteiger partial charge in [0, 0.05) is 23.2 Å². The number of carbonyl (C=O) groups excluding carboxylic acids is 2. The maximum absolute atomic E-state index is 12.8. The Hall–Kier alpha value is -3.11. The summed E-state index contributed by atoms with van der Waals surface area (Å²) in [5, 5.41) is 9.93. The van der Waals surface area contributed by atoms with E-state index in [-0.39, 0.29) is 11.9 Å². The van der Waals surface area contributed by atoms with E-state index in [4.69, 9.17) is 9.47 Å². The molecule has 156 valence electrons. The van der Waals surface area contributed by atoms with Gasteiger partial charge in [0.25, 0.3) is 5.91 Å². The third kappa shape index (κ3) is 4.10. The molecular weight excluding hydrogens is 424 g/mol. The number of nitrogens with one attached hydrogen (secondary N) is 2. The number of amides is 3. The number of ether oxygens (including phenoxy) is 2. The summed E-state index contributed by atoms with van der Waals surface area (Å²) in [6.07, 6.45) is 0.628. The van der Waals surface area contributed by atoms with Gasteiger partial charge in [0.05, 0.1) is 37.7 Å². The molecule has 2 aromatic heterocycles. The van der Waals surface area contributed by atoms with Crippen LogP contribution in [0.1, 0.15) is 20.9 Å². The topological polar surface area (TPSA) is 92.8 Å². The van der Waals surface area contributed by atoms with E-state index in [0.717, 1.165) is 10.6 Å². The molecule has 8 nitrogen and oxygen atoms in total. The highest BCUT2D eigenvalue weighted by Crippen LogP contribution is 2.35. The van der Waals surface area contributed by atoms with Crippen LogP contribution in [0, 0.1) is 0 Å². The van der Waals surface area contributed by atoms with Crippen LogP contribution in [0.3, 0.4) is 0 Å². The van der Waals surface area contributed by atoms with E-state index in [1.807, 2.05) is 5.38 Å². The van der Waals surface area contributed by atoms with E-state index < -0.39 is 0 Å². The molecule has 0 atom stereocenters. The fourth-order valence-corrected chi connectivity index (χ4v) is 4.82. The molecule has 1 aromatic carbocycles. The number of thiazole rings is 1. The number of nitrogens with zero attached hydrogens (tertiary/aromatic N) is 2. The molecule has 3 heterocycles. The fraction of sp³-hybridized carbons (Fsp3) is 0.250. The van der Waals surface area contributed by atoms with Gasteiger partial charge in [-0.25, -0.2) is 9.78 Å². The Labute approximate surface area is 181 Å². The average Bonchev–Trinajstić information content (AvgIpc) is 3.42. The minimum absolute atomic E-state index is 0.179. The van der Waals surface area contributed by atoms with Crippen molar-refractivity contribution in [3.05, 3.63) is 51.2 Å². The van der Waals surface area contributed by atoms with Gasteiger partial charge in [-0.1, -0.05) is 17.4 Å². The Morgan fingerprint density at radius 1 is 1.17 bits per heavy atom. The van der Waals surface area contributed by atoms with Crippen molar-refractivity contribution >= 4 is 45.4 Å². The third-order valence-corrected chi connectivity index (χ3v) is 6.35. The van der Waals surface area contributed by atoms with Crippen molar-refractivity contribution in [2.45, 2.75) is 13.0 Å². The van der Waals surface area contributed by atoms with Crippen LogP contribution < -0.4 is 20.1 Å². The summed E-state index contributed by atoms with van der Waals surface area (Å²) in [5.74, 6) is 0.842. The molecule has 30 heavy (non-hydrogen) atoms. The van der Waals surface area contributed by atoms with Crippen molar-refractivity contribution in [3.63, 3.8) is 0 Å². The lowest BCUT2D eigenvalue weighted by Crippen LogP contribution is -2.38. The van der Waals surface area contributed by atoms with E-state index in [2.05, 4.69) is 15.6 Å². The predicted octanol–water partition coefficient (Wildman–Crippen LogP) is 4.06. The highest BCUT2D eigenvalue weighted by molar-refractivity contribution is 7.16. The summed E-state index contributed by atoms with van der Waals surface area (Å²) in [7, 11) is 3.08. The number of benzene rings is 1. The number of rotatable bonds is 5. The van der Waals surface area contributed by atoms with Crippen LogP contribution in [0.15, 0.2) is 35.0 Å². The molecule has 0 unspecified atom stereocenters. The summed E-state index contributed by atoms with van der Waals surface area (Å²) in [5.41, 5.74) is 2.07. The molecule has 0 saturated carbocycles. The van der Waals surface area contributed by atoms with Crippen molar-refractivity contribution < 1.29 is 19.1 Å². The number of hydrogen-bond acceptors (Lipinski definition) is 7. The van der Waals surface area contributed by atoms with Gasteiger partial charge in [0.1, 0.15) is 0 Å². The number of urea groups is 1. The lowest BCUT2D eigenvalue weighted by molar-refractivity contribution is 0.102. The van der Waals surface area contributed by atoms with Crippen molar-refractivity contribution in [2.75, 3.05) is 31.4 Å². The highest BCUT2D eigenvalue weighted by atomic mass is 32.1. The van der Waals surface area contributed by atoms with Crippen LogP contribution in [0.2, 0.25) is 0 Å². The number of carbonyl (C=O) groups is 2. The summed E-state index contributed by atoms with van der Waals surface area (Å²) in [4.78, 5) is 32.3. The average molecular weight is 445 g/mol. The molecule has 1 aliphatic heterocycles. The van der Waals surface area contributed by atoms with E-state index >= 15 is 0 Å². The Morgan fingerprint density at radius 3 is 2.77 bits per heavy atom. The molecule has 0 fully saturated rings. The number of para-hydroxylation sites is 1. The zero-order valence-electron chi connectivity index (χ0n) is 16.4. The number of anilines is 2. The second-order valence-corrected chi connectivity index (χ2v) is 8.36. The quantitative estimate of drug-likeness (QED) is 0.619. The van der Waals surface area contributed by atoms with Gasteiger partial charge in [-0.15, -0.1) is 0 Å². The molecule has 0 aliphatic carbocycles. The molecule has 0 radical (unpaired) electrons. The number of fused-ring (bicyclic) bond motifs is 1. The second-order valence-electron chi connectivity index (χ2n) is 6.50. The normalized spacial score (nSPS) is 12.8. The summed E-state index contributed by atoms with van der Waals surface area (Å²) in [6, 6.07) is 6.86. The van der Waals surface area contributed by atoms with Gasteiger partial charge in [-0.05, 0) is 23.6 Å². The highest BCUT2D eigenvalue weighted by Gasteiger charge is 2.25. The first-order chi connectivity index (χ1) is 14.6. The maximum atomic E-state index is 12.8. The zero-order chi connectivity index (χ0) is 21.1. The number of thiophene rings is 1. The van der Waals surface area contributed by atoms with Gasteiger partial charge < -0.3 is 19.7 Å². The molecule has 4 rings (SSSR count). The van der Waals surface area contributed by atoms with E-state index in [0.29, 0.717) is 47.4 Å². The largest absolute Gasteiger partial charge is 0.493 e. The summed E-state index contributed by atoms with van der Waals surface area (Å²) in [6.45, 7) is 0.964. The molecule has 3 aromatic rings. The SMILES string of the molecule is COc1cccc(NC(=O)N2CCc3nc(NC(=O)c4ccsc4)sc3C2)c1OC. The van der Waals surface area contributed by atoms with Crippen LogP contribution in [0.5, 0.6) is 11.5 Å². The molecule has 0 bridgehead atoms. The molecule has 0 spiro atoms. The molecular formula is C20H20N4O4S2. The molecule has 10 heteroatoms. The van der Waals surface area contributed by atoms with E-state index in [9.17, 15) is 9.59 Å². The minimum Gasteiger partial charge on any atom is -0.493 e. The van der Waals surface area contributed by atoms with Crippen molar-refractivity contribution in [1.29, 1.82) is 0 Å². The monoisotopic (exact) mass is 444 g/mol. The van der Waals surface area contributed by atoms with Crippen molar-refractivity contribution in [3.8, 4) is 11.5 Å². The van der Waals surface area contributed by atoms with Crippen molar-refractivity contribution in [1.82, 2.24) is 9.88 Å². The van der Waals surface area contributed by atoms with Crippen LogP contribution in [-0.2, 0) is 13.0 Å². The van der Waals surface area contributed by atoms with E-state index in [1.165, 1.54) is 29.8 Å². The van der Waals surface area contributed by atoms with E-state index in [1.54, 1.807) is 41.7 Å². The molecule has 2 N–H and O–H groups in total. The first-order valence-corrected chi connectivity index (χ1v) is 10.9. The first kappa shape index (κ1) is 20.2. The Kier molecular flexibility index (Phi) is 5.86. The molecule has 1 aliphatic rings. The number of methoxy groups -OCH3 is 2. The van der Waals surface area contributed by atoms with Gasteiger partial charge >= 0.3 is 6.03 Å².